The molecule has 2 amide bonds. The number of rotatable bonds is 6. The molecule has 4 N–H and O–H groups in total. The first kappa shape index (κ1) is 13.9. The molecule has 0 aromatic heterocycles. The van der Waals surface area contributed by atoms with E-state index in [0.717, 1.165) is 0 Å². The van der Waals surface area contributed by atoms with Gasteiger partial charge in [0.15, 0.2) is 0 Å². The van der Waals surface area contributed by atoms with Crippen LogP contribution >= 0.6 is 0 Å². The number of primary amides is 1. The minimum absolute atomic E-state index is 0.0509. The highest BCUT2D eigenvalue weighted by Crippen LogP contribution is 2.02. The lowest BCUT2D eigenvalue weighted by Crippen LogP contribution is -2.48. The minimum Gasteiger partial charge on any atom is -0.368 e. The van der Waals surface area contributed by atoms with E-state index in [2.05, 4.69) is 0 Å². The van der Waals surface area contributed by atoms with Crippen LogP contribution in [0.5, 0.6) is 0 Å². The Morgan fingerprint density at radius 1 is 1.33 bits per heavy atom. The van der Waals surface area contributed by atoms with E-state index in [0.29, 0.717) is 13.0 Å². The Bertz CT molecular complexity index is 229. The first-order valence-corrected chi connectivity index (χ1v) is 5.21. The molecule has 88 valence electrons. The fourth-order valence-corrected chi connectivity index (χ4v) is 1.27. The van der Waals surface area contributed by atoms with E-state index in [1.54, 1.807) is 0 Å². The van der Waals surface area contributed by atoms with Crippen LogP contribution in [0.3, 0.4) is 0 Å². The number of carbonyl (C=O) groups is 2. The molecule has 0 radical (unpaired) electrons. The second kappa shape index (κ2) is 6.40. The van der Waals surface area contributed by atoms with Gasteiger partial charge in [0, 0.05) is 6.54 Å². The molecule has 5 heteroatoms. The Morgan fingerprint density at radius 3 is 2.20 bits per heavy atom. The molecule has 0 fully saturated rings. The smallest absolute Gasteiger partial charge is 0.239 e. The number of amides is 2. The lowest BCUT2D eigenvalue weighted by Gasteiger charge is -2.25. The van der Waals surface area contributed by atoms with Crippen molar-refractivity contribution in [2.45, 2.75) is 33.2 Å². The summed E-state index contributed by atoms with van der Waals surface area (Å²) in [5.41, 5.74) is 10.7. The van der Waals surface area contributed by atoms with Crippen LogP contribution in [0, 0.1) is 5.92 Å². The second-order valence-corrected chi connectivity index (χ2v) is 4.09. The molecule has 0 aliphatic rings. The molecule has 0 spiro atoms. The molecule has 0 aliphatic heterocycles. The Morgan fingerprint density at radius 2 is 1.87 bits per heavy atom. The largest absolute Gasteiger partial charge is 0.368 e. The summed E-state index contributed by atoms with van der Waals surface area (Å²) < 4.78 is 0. The van der Waals surface area contributed by atoms with Gasteiger partial charge in [0.1, 0.15) is 0 Å². The Balaban J connectivity index is 4.47. The van der Waals surface area contributed by atoms with Crippen molar-refractivity contribution in [3.8, 4) is 0 Å². The molecular formula is C10H21N3O2. The predicted octanol–water partition coefficient (Wildman–Crippen LogP) is -0.306. The van der Waals surface area contributed by atoms with Crippen molar-refractivity contribution in [1.29, 1.82) is 0 Å². The normalized spacial score (nSPS) is 12.6. The van der Waals surface area contributed by atoms with Crippen LogP contribution in [0.1, 0.15) is 27.2 Å². The predicted molar refractivity (Wildman–Crippen MR) is 58.9 cm³/mol. The monoisotopic (exact) mass is 215 g/mol. The molecule has 0 unspecified atom stereocenters. The van der Waals surface area contributed by atoms with Gasteiger partial charge in [0.25, 0.3) is 0 Å². The van der Waals surface area contributed by atoms with Crippen molar-refractivity contribution in [3.05, 3.63) is 0 Å². The molecular weight excluding hydrogens is 194 g/mol. The number of hydrogen-bond donors (Lipinski definition) is 2. The van der Waals surface area contributed by atoms with E-state index in [-0.39, 0.29) is 18.4 Å². The summed E-state index contributed by atoms with van der Waals surface area (Å²) in [5.74, 6) is -0.422. The summed E-state index contributed by atoms with van der Waals surface area (Å²) in [6.07, 6.45) is 0.562. The van der Waals surface area contributed by atoms with E-state index in [1.807, 2.05) is 20.8 Å². The van der Waals surface area contributed by atoms with Crippen molar-refractivity contribution in [2.75, 3.05) is 13.1 Å². The van der Waals surface area contributed by atoms with E-state index >= 15 is 0 Å². The Hall–Kier alpha value is -1.10. The third-order valence-corrected chi connectivity index (χ3v) is 2.00. The average molecular weight is 215 g/mol. The first-order chi connectivity index (χ1) is 6.88. The summed E-state index contributed by atoms with van der Waals surface area (Å²) >= 11 is 0. The molecule has 15 heavy (non-hydrogen) atoms. The van der Waals surface area contributed by atoms with Gasteiger partial charge in [-0.05, 0) is 12.3 Å². The van der Waals surface area contributed by atoms with Gasteiger partial charge in [-0.3, -0.25) is 9.59 Å². The van der Waals surface area contributed by atoms with Crippen LogP contribution in [-0.4, -0.2) is 35.8 Å². The Labute approximate surface area is 90.8 Å². The summed E-state index contributed by atoms with van der Waals surface area (Å²) in [6, 6.07) is -0.539. The van der Waals surface area contributed by atoms with E-state index < -0.39 is 11.9 Å². The summed E-state index contributed by atoms with van der Waals surface area (Å²) in [5, 5.41) is 0. The van der Waals surface area contributed by atoms with Crippen LogP contribution in [0.15, 0.2) is 0 Å². The maximum Gasteiger partial charge on any atom is 0.239 e. The molecule has 5 nitrogen and oxygen atoms in total. The van der Waals surface area contributed by atoms with Gasteiger partial charge in [-0.1, -0.05) is 20.8 Å². The zero-order valence-electron chi connectivity index (χ0n) is 9.69. The summed E-state index contributed by atoms with van der Waals surface area (Å²) in [4.78, 5) is 24.0. The second-order valence-electron chi connectivity index (χ2n) is 4.09. The third kappa shape index (κ3) is 5.37. The van der Waals surface area contributed by atoms with Crippen molar-refractivity contribution < 1.29 is 9.59 Å². The van der Waals surface area contributed by atoms with Gasteiger partial charge < -0.3 is 16.4 Å². The molecule has 0 saturated heterocycles. The van der Waals surface area contributed by atoms with Crippen molar-refractivity contribution in [1.82, 2.24) is 4.90 Å². The number of hydrogen-bond acceptors (Lipinski definition) is 3. The van der Waals surface area contributed by atoms with Crippen LogP contribution in [0.25, 0.3) is 0 Å². The van der Waals surface area contributed by atoms with Crippen molar-refractivity contribution >= 4 is 11.8 Å². The van der Waals surface area contributed by atoms with Gasteiger partial charge in [0.2, 0.25) is 11.8 Å². The lowest BCUT2D eigenvalue weighted by atomic mass is 10.1. The third-order valence-electron chi connectivity index (χ3n) is 2.00. The van der Waals surface area contributed by atoms with Crippen LogP contribution < -0.4 is 11.5 Å². The van der Waals surface area contributed by atoms with Gasteiger partial charge in [-0.15, -0.1) is 0 Å². The molecule has 0 rings (SSSR count). The average Bonchev–Trinajstić information content (AvgIpc) is 2.13. The van der Waals surface area contributed by atoms with Crippen LogP contribution in [-0.2, 0) is 9.59 Å². The quantitative estimate of drug-likeness (QED) is 0.637. The standard InChI is InChI=1S/C10H21N3O2/c1-4-8(11)10(15)13(5-7(2)3)6-9(12)14/h7-8H,4-6,11H2,1-3H3,(H2,12,14)/t8-/m1/s1. The fraction of sp³-hybridized carbons (Fsp3) is 0.800. The fourth-order valence-electron chi connectivity index (χ4n) is 1.27. The number of nitrogens with two attached hydrogens (primary N) is 2. The zero-order valence-corrected chi connectivity index (χ0v) is 9.69. The maximum atomic E-state index is 11.7. The van der Waals surface area contributed by atoms with Gasteiger partial charge >= 0.3 is 0 Å². The summed E-state index contributed by atoms with van der Waals surface area (Å²) in [6.45, 7) is 6.23. The van der Waals surface area contributed by atoms with Gasteiger partial charge in [-0.25, -0.2) is 0 Å². The molecule has 0 saturated carbocycles. The first-order valence-electron chi connectivity index (χ1n) is 5.21. The molecule has 0 aliphatic carbocycles. The van der Waals surface area contributed by atoms with E-state index in [4.69, 9.17) is 11.5 Å². The highest BCUT2D eigenvalue weighted by Gasteiger charge is 2.21. The lowest BCUT2D eigenvalue weighted by molar-refractivity contribution is -0.136. The van der Waals surface area contributed by atoms with Crippen LogP contribution in [0.4, 0.5) is 0 Å². The van der Waals surface area contributed by atoms with Gasteiger partial charge in [0.05, 0.1) is 12.6 Å². The summed E-state index contributed by atoms with van der Waals surface area (Å²) in [7, 11) is 0. The Kier molecular flexibility index (Phi) is 5.93. The van der Waals surface area contributed by atoms with E-state index in [1.165, 1.54) is 4.90 Å². The number of carbonyl (C=O) groups excluding carboxylic acids is 2. The molecule has 0 bridgehead atoms. The topological polar surface area (TPSA) is 89.4 Å². The van der Waals surface area contributed by atoms with Gasteiger partial charge in [-0.2, -0.15) is 0 Å². The zero-order chi connectivity index (χ0) is 12.0. The molecule has 0 aromatic rings. The maximum absolute atomic E-state index is 11.7. The highest BCUT2D eigenvalue weighted by molar-refractivity contribution is 5.86. The minimum atomic E-state index is -0.539. The molecule has 0 heterocycles. The molecule has 0 aromatic carbocycles. The SMILES string of the molecule is CC[C@@H](N)C(=O)N(CC(N)=O)CC(C)C. The van der Waals surface area contributed by atoms with Crippen molar-refractivity contribution in [3.63, 3.8) is 0 Å². The highest BCUT2D eigenvalue weighted by atomic mass is 16.2. The number of nitrogens with zero attached hydrogens (tertiary/aromatic N) is 1. The van der Waals surface area contributed by atoms with Crippen molar-refractivity contribution in [2.24, 2.45) is 17.4 Å². The van der Waals surface area contributed by atoms with E-state index in [9.17, 15) is 9.59 Å². The molecule has 1 atom stereocenters. The van der Waals surface area contributed by atoms with Crippen LogP contribution in [0.2, 0.25) is 0 Å².